The van der Waals surface area contributed by atoms with Gasteiger partial charge in [-0.15, -0.1) is 0 Å². The van der Waals surface area contributed by atoms with Crippen molar-refractivity contribution in [3.8, 4) is 0 Å². The average molecular weight is 163 g/mol. The first kappa shape index (κ1) is 5.61. The number of hydrogen-bond donors (Lipinski definition) is 0. The van der Waals surface area contributed by atoms with Crippen molar-refractivity contribution in [2.45, 2.75) is 31.0 Å². The highest BCUT2D eigenvalue weighted by Crippen LogP contribution is 2.40. The molecule has 0 bridgehead atoms. The fourth-order valence-corrected chi connectivity index (χ4v) is 1.62. The average Bonchev–Trinajstić information content (AvgIpc) is 2.22. The molecule has 0 saturated heterocycles. The third-order valence-electron chi connectivity index (χ3n) is 1.50. The van der Waals surface area contributed by atoms with E-state index in [0.717, 1.165) is 10.7 Å². The van der Waals surface area contributed by atoms with Crippen LogP contribution in [0.2, 0.25) is 0 Å². The predicted octanol–water partition coefficient (Wildman–Crippen LogP) is 2.57. The Bertz CT molecular complexity index is 61.2. The highest BCUT2D eigenvalue weighted by atomic mass is 79.9. The van der Waals surface area contributed by atoms with Gasteiger partial charge in [-0.2, -0.15) is 0 Å². The maximum absolute atomic E-state index is 3.55. The number of rotatable bonds is 2. The van der Waals surface area contributed by atoms with Crippen LogP contribution in [0.5, 0.6) is 0 Å². The van der Waals surface area contributed by atoms with Gasteiger partial charge in [0.05, 0.1) is 0 Å². The minimum atomic E-state index is 0.882. The van der Waals surface area contributed by atoms with E-state index < -0.39 is 0 Å². The van der Waals surface area contributed by atoms with E-state index >= 15 is 0 Å². The summed E-state index contributed by atoms with van der Waals surface area (Å²) in [6.45, 7) is 2.25. The van der Waals surface area contributed by atoms with Gasteiger partial charge in [-0.25, -0.2) is 0 Å². The Labute approximate surface area is 53.4 Å². The zero-order chi connectivity index (χ0) is 5.28. The van der Waals surface area contributed by atoms with Crippen molar-refractivity contribution < 1.29 is 0 Å². The molecule has 0 radical (unpaired) electrons. The van der Waals surface area contributed by atoms with Gasteiger partial charge in [0, 0.05) is 4.83 Å². The molecule has 7 heavy (non-hydrogen) atoms. The molecule has 42 valence electrons. The molecule has 1 saturated carbocycles. The summed E-state index contributed by atoms with van der Waals surface area (Å²) < 4.78 is 0. The van der Waals surface area contributed by atoms with E-state index in [1.807, 2.05) is 0 Å². The summed E-state index contributed by atoms with van der Waals surface area (Å²) in [5, 5.41) is 0. The second kappa shape index (κ2) is 2.17. The molecule has 0 N–H and O–H groups in total. The zero-order valence-corrected chi connectivity index (χ0v) is 6.24. The van der Waals surface area contributed by atoms with E-state index in [-0.39, 0.29) is 0 Å². The lowest BCUT2D eigenvalue weighted by molar-refractivity contribution is 0.712. The smallest absolute Gasteiger partial charge is 0.0177 e. The van der Waals surface area contributed by atoms with Crippen LogP contribution < -0.4 is 0 Å². The van der Waals surface area contributed by atoms with Crippen LogP contribution in [0.4, 0.5) is 0 Å². The largest absolute Gasteiger partial charge is 0.0888 e. The maximum atomic E-state index is 3.55. The molecule has 0 spiro atoms. The minimum absolute atomic E-state index is 0.882. The van der Waals surface area contributed by atoms with Gasteiger partial charge in [0.1, 0.15) is 0 Å². The highest BCUT2D eigenvalue weighted by Gasteiger charge is 2.32. The first-order valence-corrected chi connectivity index (χ1v) is 3.90. The molecule has 1 fully saturated rings. The molecule has 0 aliphatic heterocycles. The van der Waals surface area contributed by atoms with Gasteiger partial charge in [-0.05, 0) is 18.8 Å². The van der Waals surface area contributed by atoms with Crippen LogP contribution in [-0.4, -0.2) is 4.83 Å². The lowest BCUT2D eigenvalue weighted by Gasteiger charge is -1.85. The molecule has 0 aromatic carbocycles. The van der Waals surface area contributed by atoms with Crippen molar-refractivity contribution in [1.29, 1.82) is 0 Å². The molecule has 0 aromatic heterocycles. The molecule has 1 aliphatic carbocycles. The van der Waals surface area contributed by atoms with E-state index in [9.17, 15) is 0 Å². The van der Waals surface area contributed by atoms with E-state index in [4.69, 9.17) is 0 Å². The Morgan fingerprint density at radius 3 is 2.43 bits per heavy atom. The number of halogens is 1. The van der Waals surface area contributed by atoms with Crippen molar-refractivity contribution in [3.05, 3.63) is 0 Å². The normalized spacial score (nSPS) is 38.6. The zero-order valence-electron chi connectivity index (χ0n) is 4.65. The van der Waals surface area contributed by atoms with Crippen molar-refractivity contribution in [2.75, 3.05) is 0 Å². The Balaban J connectivity index is 1.98. The van der Waals surface area contributed by atoms with Crippen molar-refractivity contribution in [3.63, 3.8) is 0 Å². The van der Waals surface area contributed by atoms with Gasteiger partial charge in [0.2, 0.25) is 0 Å². The molecule has 2 atom stereocenters. The highest BCUT2D eigenvalue weighted by molar-refractivity contribution is 9.09. The van der Waals surface area contributed by atoms with Crippen LogP contribution >= 0.6 is 15.9 Å². The van der Waals surface area contributed by atoms with E-state index in [2.05, 4.69) is 22.9 Å². The Morgan fingerprint density at radius 1 is 1.71 bits per heavy atom. The molecule has 0 nitrogen and oxygen atoms in total. The van der Waals surface area contributed by atoms with Gasteiger partial charge in [-0.3, -0.25) is 0 Å². The SMILES string of the molecule is CCCC1CC1Br. The monoisotopic (exact) mass is 162 g/mol. The van der Waals surface area contributed by atoms with Gasteiger partial charge < -0.3 is 0 Å². The van der Waals surface area contributed by atoms with Crippen LogP contribution in [0, 0.1) is 5.92 Å². The number of alkyl halides is 1. The first-order chi connectivity index (χ1) is 3.34. The lowest BCUT2D eigenvalue weighted by Crippen LogP contribution is -1.75. The Kier molecular flexibility index (Phi) is 1.74. The van der Waals surface area contributed by atoms with Crippen molar-refractivity contribution in [2.24, 2.45) is 5.92 Å². The number of hydrogen-bond acceptors (Lipinski definition) is 0. The van der Waals surface area contributed by atoms with Crippen LogP contribution in [0.1, 0.15) is 26.2 Å². The molecular weight excluding hydrogens is 152 g/mol. The van der Waals surface area contributed by atoms with Crippen molar-refractivity contribution >= 4 is 15.9 Å². The fourth-order valence-electron chi connectivity index (χ4n) is 0.880. The third kappa shape index (κ3) is 1.45. The summed E-state index contributed by atoms with van der Waals surface area (Å²) in [5.41, 5.74) is 0. The third-order valence-corrected chi connectivity index (χ3v) is 2.62. The maximum Gasteiger partial charge on any atom is 0.0177 e. The summed E-state index contributed by atoms with van der Waals surface area (Å²) >= 11 is 3.55. The van der Waals surface area contributed by atoms with Gasteiger partial charge in [0.25, 0.3) is 0 Å². The molecule has 1 aliphatic rings. The second-order valence-corrected chi connectivity index (χ2v) is 3.48. The van der Waals surface area contributed by atoms with Crippen molar-refractivity contribution in [1.82, 2.24) is 0 Å². The van der Waals surface area contributed by atoms with Crippen LogP contribution in [0.25, 0.3) is 0 Å². The summed E-state index contributed by atoms with van der Waals surface area (Å²) in [4.78, 5) is 0.882. The molecule has 0 amide bonds. The van der Waals surface area contributed by atoms with Gasteiger partial charge in [0.15, 0.2) is 0 Å². The molecule has 1 rings (SSSR count). The summed E-state index contributed by atoms with van der Waals surface area (Å²) in [6.07, 6.45) is 4.20. The molecule has 0 aromatic rings. The summed E-state index contributed by atoms with van der Waals surface area (Å²) in [6, 6.07) is 0. The summed E-state index contributed by atoms with van der Waals surface area (Å²) in [7, 11) is 0. The lowest BCUT2D eigenvalue weighted by atomic mass is 10.2. The minimum Gasteiger partial charge on any atom is -0.0888 e. The first-order valence-electron chi connectivity index (χ1n) is 2.98. The molecular formula is C6H11Br. The Hall–Kier alpha value is 0.480. The quantitative estimate of drug-likeness (QED) is 0.548. The topological polar surface area (TPSA) is 0 Å². The predicted molar refractivity (Wildman–Crippen MR) is 35.7 cm³/mol. The molecule has 1 heteroatoms. The molecule has 0 heterocycles. The van der Waals surface area contributed by atoms with Crippen LogP contribution in [-0.2, 0) is 0 Å². The standard InChI is InChI=1S/C6H11Br/c1-2-3-5-4-6(5)7/h5-6H,2-4H2,1H3. The van der Waals surface area contributed by atoms with E-state index in [1.165, 1.54) is 19.3 Å². The van der Waals surface area contributed by atoms with Gasteiger partial charge >= 0.3 is 0 Å². The van der Waals surface area contributed by atoms with Crippen LogP contribution in [0.3, 0.4) is 0 Å². The van der Waals surface area contributed by atoms with Gasteiger partial charge in [-0.1, -0.05) is 29.3 Å². The van der Waals surface area contributed by atoms with E-state index in [0.29, 0.717) is 0 Å². The van der Waals surface area contributed by atoms with Crippen LogP contribution in [0.15, 0.2) is 0 Å². The van der Waals surface area contributed by atoms with E-state index in [1.54, 1.807) is 0 Å². The molecule has 2 unspecified atom stereocenters. The Morgan fingerprint density at radius 2 is 2.29 bits per heavy atom. The second-order valence-electron chi connectivity index (χ2n) is 2.30. The fraction of sp³-hybridized carbons (Fsp3) is 1.00. The summed E-state index contributed by atoms with van der Waals surface area (Å²) in [5.74, 6) is 1.03.